The monoisotopic (exact) mass is 305 g/mol. The van der Waals surface area contributed by atoms with Crippen molar-refractivity contribution in [1.82, 2.24) is 15.1 Å². The summed E-state index contributed by atoms with van der Waals surface area (Å²) in [5.41, 5.74) is 2.65. The van der Waals surface area contributed by atoms with Crippen LogP contribution in [0.5, 0.6) is 0 Å². The Labute approximate surface area is 132 Å². The Morgan fingerprint density at radius 3 is 2.48 bits per heavy atom. The highest BCUT2D eigenvalue weighted by Crippen LogP contribution is 2.16. The zero-order valence-corrected chi connectivity index (χ0v) is 13.6. The van der Waals surface area contributed by atoms with E-state index < -0.39 is 0 Å². The zero-order valence-electron chi connectivity index (χ0n) is 12.8. The molecule has 0 aliphatic rings. The summed E-state index contributed by atoms with van der Waals surface area (Å²) in [4.78, 5) is 0. The second kappa shape index (κ2) is 8.20. The fourth-order valence-electron chi connectivity index (χ4n) is 2.54. The number of nitrogens with zero attached hydrogens (tertiary/aromatic N) is 2. The Morgan fingerprint density at radius 2 is 1.86 bits per heavy atom. The van der Waals surface area contributed by atoms with Crippen molar-refractivity contribution >= 4 is 11.6 Å². The van der Waals surface area contributed by atoms with Gasteiger partial charge >= 0.3 is 0 Å². The first kappa shape index (κ1) is 16.1. The van der Waals surface area contributed by atoms with Gasteiger partial charge in [-0.1, -0.05) is 30.7 Å². The highest BCUT2D eigenvalue weighted by atomic mass is 35.5. The molecule has 2 aromatic rings. The highest BCUT2D eigenvalue weighted by Gasteiger charge is 2.12. The van der Waals surface area contributed by atoms with Crippen LogP contribution >= 0.6 is 11.6 Å². The lowest BCUT2D eigenvalue weighted by molar-refractivity contribution is 0.478. The molecule has 0 spiro atoms. The molecule has 0 aliphatic carbocycles. The van der Waals surface area contributed by atoms with Gasteiger partial charge in [-0.25, -0.2) is 0 Å². The summed E-state index contributed by atoms with van der Waals surface area (Å²) in [6.45, 7) is 7.21. The average Bonchev–Trinajstić information content (AvgIpc) is 2.95. The highest BCUT2D eigenvalue weighted by molar-refractivity contribution is 6.30. The number of aryl methyl sites for hydroxylation is 1. The van der Waals surface area contributed by atoms with Gasteiger partial charge in [0.2, 0.25) is 0 Å². The van der Waals surface area contributed by atoms with E-state index in [4.69, 9.17) is 11.6 Å². The number of aromatic nitrogens is 2. The van der Waals surface area contributed by atoms with Crippen LogP contribution < -0.4 is 5.32 Å². The average molecular weight is 306 g/mol. The van der Waals surface area contributed by atoms with E-state index in [2.05, 4.69) is 42.6 Å². The van der Waals surface area contributed by atoms with Crippen LogP contribution in [0.2, 0.25) is 5.02 Å². The predicted octanol–water partition coefficient (Wildman–Crippen LogP) is 3.57. The summed E-state index contributed by atoms with van der Waals surface area (Å²) < 4.78 is 1.99. The van der Waals surface area contributed by atoms with Gasteiger partial charge in [0.1, 0.15) is 0 Å². The molecule has 21 heavy (non-hydrogen) atoms. The molecule has 0 saturated carbocycles. The quantitative estimate of drug-likeness (QED) is 0.808. The molecule has 0 saturated heterocycles. The first-order valence-corrected chi connectivity index (χ1v) is 8.05. The number of benzene rings is 1. The summed E-state index contributed by atoms with van der Waals surface area (Å²) in [6, 6.07) is 8.18. The Hall–Kier alpha value is -1.32. The molecular weight excluding hydrogens is 282 g/mol. The van der Waals surface area contributed by atoms with Gasteiger partial charge in [-0.05, 0) is 62.0 Å². The third-order valence-corrected chi connectivity index (χ3v) is 3.91. The van der Waals surface area contributed by atoms with Gasteiger partial charge < -0.3 is 5.32 Å². The van der Waals surface area contributed by atoms with Crippen LogP contribution in [0.25, 0.3) is 0 Å². The van der Waals surface area contributed by atoms with Gasteiger partial charge in [-0.15, -0.1) is 0 Å². The molecule has 0 bridgehead atoms. The lowest BCUT2D eigenvalue weighted by atomic mass is 9.93. The number of halogens is 1. The Kier molecular flexibility index (Phi) is 6.27. The topological polar surface area (TPSA) is 29.9 Å². The molecule has 1 aromatic carbocycles. The van der Waals surface area contributed by atoms with Gasteiger partial charge in [0.25, 0.3) is 0 Å². The van der Waals surface area contributed by atoms with E-state index in [0.717, 1.165) is 37.5 Å². The minimum absolute atomic E-state index is 0.570. The molecule has 1 aromatic heterocycles. The van der Waals surface area contributed by atoms with Crippen molar-refractivity contribution in [1.29, 1.82) is 0 Å². The normalized spacial score (nSPS) is 12.5. The molecule has 1 heterocycles. The van der Waals surface area contributed by atoms with E-state index in [1.165, 1.54) is 11.1 Å². The predicted molar refractivity (Wildman–Crippen MR) is 88.8 cm³/mol. The molecule has 4 heteroatoms. The van der Waals surface area contributed by atoms with Gasteiger partial charge in [0, 0.05) is 17.8 Å². The van der Waals surface area contributed by atoms with E-state index in [0.29, 0.717) is 5.92 Å². The van der Waals surface area contributed by atoms with E-state index in [1.54, 1.807) is 0 Å². The third kappa shape index (κ3) is 5.18. The van der Waals surface area contributed by atoms with Gasteiger partial charge in [-0.3, -0.25) is 4.68 Å². The second-order valence-corrected chi connectivity index (χ2v) is 5.85. The summed E-state index contributed by atoms with van der Waals surface area (Å²) >= 11 is 5.96. The zero-order chi connectivity index (χ0) is 15.1. The van der Waals surface area contributed by atoms with Crippen molar-refractivity contribution in [2.45, 2.75) is 33.2 Å². The van der Waals surface area contributed by atoms with Crippen LogP contribution in [0.3, 0.4) is 0 Å². The smallest absolute Gasteiger partial charge is 0.0521 e. The summed E-state index contributed by atoms with van der Waals surface area (Å²) in [6.07, 6.45) is 6.25. The number of rotatable bonds is 8. The molecule has 2 rings (SSSR count). The Bertz CT molecular complexity index is 533. The third-order valence-electron chi connectivity index (χ3n) is 3.66. The van der Waals surface area contributed by atoms with Crippen LogP contribution in [0.1, 0.15) is 25.0 Å². The van der Waals surface area contributed by atoms with Crippen LogP contribution in [0.4, 0.5) is 0 Å². The molecule has 1 atom stereocenters. The Morgan fingerprint density at radius 1 is 1.14 bits per heavy atom. The number of hydrogen-bond acceptors (Lipinski definition) is 2. The maximum atomic E-state index is 5.96. The SMILES string of the molecule is CCNCC(Cc1ccc(Cl)cc1)Cc1cnn(CC)c1. The van der Waals surface area contributed by atoms with Crippen LogP contribution in [-0.4, -0.2) is 22.9 Å². The summed E-state index contributed by atoms with van der Waals surface area (Å²) in [5.74, 6) is 0.570. The largest absolute Gasteiger partial charge is 0.317 e. The van der Waals surface area contributed by atoms with Gasteiger partial charge in [0.15, 0.2) is 0 Å². The Balaban J connectivity index is 2.01. The fraction of sp³-hybridized carbons (Fsp3) is 0.471. The number of nitrogens with one attached hydrogen (secondary N) is 1. The summed E-state index contributed by atoms with van der Waals surface area (Å²) in [5, 5.41) is 8.63. The van der Waals surface area contributed by atoms with E-state index in [9.17, 15) is 0 Å². The first-order chi connectivity index (χ1) is 10.2. The lowest BCUT2D eigenvalue weighted by Crippen LogP contribution is -2.25. The summed E-state index contributed by atoms with van der Waals surface area (Å²) in [7, 11) is 0. The molecule has 0 radical (unpaired) electrons. The van der Waals surface area contributed by atoms with E-state index >= 15 is 0 Å². The van der Waals surface area contributed by atoms with Crippen molar-refractivity contribution in [3.63, 3.8) is 0 Å². The van der Waals surface area contributed by atoms with Crippen molar-refractivity contribution in [2.75, 3.05) is 13.1 Å². The standard InChI is InChI=1S/C17H24ClN3/c1-3-19-11-15(9-14-5-7-17(18)8-6-14)10-16-12-20-21(4-2)13-16/h5-8,12-13,15,19H,3-4,9-11H2,1-2H3. The maximum Gasteiger partial charge on any atom is 0.0521 e. The fourth-order valence-corrected chi connectivity index (χ4v) is 2.66. The molecule has 0 fully saturated rings. The van der Waals surface area contributed by atoms with Crippen LogP contribution in [0.15, 0.2) is 36.7 Å². The lowest BCUT2D eigenvalue weighted by Gasteiger charge is -2.17. The molecule has 0 aliphatic heterocycles. The molecule has 0 amide bonds. The van der Waals surface area contributed by atoms with Gasteiger partial charge in [0.05, 0.1) is 6.20 Å². The first-order valence-electron chi connectivity index (χ1n) is 7.67. The van der Waals surface area contributed by atoms with Crippen molar-refractivity contribution in [3.8, 4) is 0 Å². The molecular formula is C17H24ClN3. The maximum absolute atomic E-state index is 5.96. The molecule has 3 nitrogen and oxygen atoms in total. The van der Waals surface area contributed by atoms with Crippen molar-refractivity contribution in [2.24, 2.45) is 5.92 Å². The second-order valence-electron chi connectivity index (χ2n) is 5.41. The number of hydrogen-bond donors (Lipinski definition) is 1. The van der Waals surface area contributed by atoms with Crippen LogP contribution in [-0.2, 0) is 19.4 Å². The van der Waals surface area contributed by atoms with Crippen molar-refractivity contribution in [3.05, 3.63) is 52.8 Å². The molecule has 1 unspecified atom stereocenters. The van der Waals surface area contributed by atoms with E-state index in [1.807, 2.05) is 23.0 Å². The minimum atomic E-state index is 0.570. The van der Waals surface area contributed by atoms with Gasteiger partial charge in [-0.2, -0.15) is 5.10 Å². The van der Waals surface area contributed by atoms with Crippen molar-refractivity contribution < 1.29 is 0 Å². The molecule has 1 N–H and O–H groups in total. The van der Waals surface area contributed by atoms with E-state index in [-0.39, 0.29) is 0 Å². The minimum Gasteiger partial charge on any atom is -0.317 e. The van der Waals surface area contributed by atoms with Crippen LogP contribution in [0, 0.1) is 5.92 Å². The molecule has 114 valence electrons.